The number of halogens is 1. The number of nitrogens with zero attached hydrogens (tertiary/aromatic N) is 1. The van der Waals surface area contributed by atoms with E-state index in [-0.39, 0.29) is 17.8 Å². The van der Waals surface area contributed by atoms with Crippen LogP contribution in [0, 0.1) is 15.9 Å². The minimum absolute atomic E-state index is 0.0102. The predicted octanol–water partition coefficient (Wildman–Crippen LogP) is 2.26. The lowest BCUT2D eigenvalue weighted by Gasteiger charge is -2.20. The van der Waals surface area contributed by atoms with Crippen LogP contribution < -0.4 is 11.1 Å². The second-order valence-corrected chi connectivity index (χ2v) is 5.45. The minimum atomic E-state index is -0.923. The van der Waals surface area contributed by atoms with Gasteiger partial charge in [0.2, 0.25) is 0 Å². The van der Waals surface area contributed by atoms with Gasteiger partial charge in [-0.25, -0.2) is 9.18 Å². The van der Waals surface area contributed by atoms with E-state index in [4.69, 9.17) is 10.5 Å². The van der Waals surface area contributed by atoms with Gasteiger partial charge in [0.25, 0.3) is 5.69 Å². The van der Waals surface area contributed by atoms with Gasteiger partial charge in [0, 0.05) is 12.6 Å². The molecule has 0 saturated carbocycles. The summed E-state index contributed by atoms with van der Waals surface area (Å²) in [6, 6.07) is 2.08. The van der Waals surface area contributed by atoms with Gasteiger partial charge in [0.1, 0.15) is 11.4 Å². The van der Waals surface area contributed by atoms with E-state index in [2.05, 4.69) is 5.32 Å². The Hall–Kier alpha value is -2.22. The highest BCUT2D eigenvalue weighted by molar-refractivity contribution is 5.67. The maximum atomic E-state index is 13.2. The molecule has 21 heavy (non-hydrogen) atoms. The van der Waals surface area contributed by atoms with Gasteiger partial charge >= 0.3 is 6.09 Å². The average Bonchev–Trinajstić information content (AvgIpc) is 2.33. The van der Waals surface area contributed by atoms with Crippen LogP contribution in [0.3, 0.4) is 0 Å². The van der Waals surface area contributed by atoms with Crippen LogP contribution in [0.15, 0.2) is 18.2 Å². The number of carbonyl (C=O) groups is 1. The van der Waals surface area contributed by atoms with Crippen molar-refractivity contribution in [2.75, 3.05) is 6.54 Å². The van der Waals surface area contributed by atoms with Crippen molar-refractivity contribution in [2.24, 2.45) is 5.73 Å². The summed E-state index contributed by atoms with van der Waals surface area (Å²) >= 11 is 0. The van der Waals surface area contributed by atoms with Crippen molar-refractivity contribution in [2.45, 2.75) is 32.4 Å². The molecule has 1 unspecified atom stereocenters. The molecule has 0 aliphatic carbocycles. The van der Waals surface area contributed by atoms with Crippen molar-refractivity contribution < 1.29 is 18.8 Å². The smallest absolute Gasteiger partial charge is 0.407 e. The summed E-state index contributed by atoms with van der Waals surface area (Å²) in [6.45, 7) is 4.98. The SMILES string of the molecule is CC(C)(C)OC(=O)NCC(N)c1cc(F)ccc1[N+](=O)[O-]. The Morgan fingerprint density at radius 3 is 2.67 bits per heavy atom. The third kappa shape index (κ3) is 5.35. The molecule has 0 heterocycles. The number of benzene rings is 1. The molecule has 0 aromatic heterocycles. The summed E-state index contributed by atoms with van der Waals surface area (Å²) in [6.07, 6.45) is -0.697. The summed E-state index contributed by atoms with van der Waals surface area (Å²) in [5, 5.41) is 13.3. The molecular formula is C13H18FN3O4. The van der Waals surface area contributed by atoms with Crippen LogP contribution in [-0.2, 0) is 4.74 Å². The summed E-state index contributed by atoms with van der Waals surface area (Å²) in [4.78, 5) is 21.7. The van der Waals surface area contributed by atoms with Crippen LogP contribution in [0.4, 0.5) is 14.9 Å². The van der Waals surface area contributed by atoms with Crippen molar-refractivity contribution in [3.05, 3.63) is 39.7 Å². The average molecular weight is 299 g/mol. The van der Waals surface area contributed by atoms with E-state index in [1.807, 2.05) is 0 Å². The number of alkyl carbamates (subject to hydrolysis) is 1. The quantitative estimate of drug-likeness (QED) is 0.655. The number of nitrogens with one attached hydrogen (secondary N) is 1. The lowest BCUT2D eigenvalue weighted by atomic mass is 10.1. The molecule has 116 valence electrons. The molecule has 1 atom stereocenters. The van der Waals surface area contributed by atoms with Gasteiger partial charge in [-0.15, -0.1) is 0 Å². The van der Waals surface area contributed by atoms with Crippen molar-refractivity contribution in [3.63, 3.8) is 0 Å². The molecule has 3 N–H and O–H groups in total. The Bertz CT molecular complexity index is 543. The molecule has 8 heteroatoms. The van der Waals surface area contributed by atoms with E-state index in [1.165, 1.54) is 0 Å². The molecule has 1 aromatic carbocycles. The van der Waals surface area contributed by atoms with Crippen LogP contribution in [0.1, 0.15) is 32.4 Å². The van der Waals surface area contributed by atoms with E-state index in [9.17, 15) is 19.3 Å². The minimum Gasteiger partial charge on any atom is -0.444 e. The third-order valence-corrected chi connectivity index (χ3v) is 2.45. The molecule has 0 fully saturated rings. The zero-order chi connectivity index (χ0) is 16.2. The van der Waals surface area contributed by atoms with Crippen LogP contribution in [-0.4, -0.2) is 23.2 Å². The summed E-state index contributed by atoms with van der Waals surface area (Å²) in [5.74, 6) is -0.636. The zero-order valence-corrected chi connectivity index (χ0v) is 12.1. The number of hydrogen-bond donors (Lipinski definition) is 2. The topological polar surface area (TPSA) is 107 Å². The number of carbonyl (C=O) groups excluding carboxylic acids is 1. The fraction of sp³-hybridized carbons (Fsp3) is 0.462. The van der Waals surface area contributed by atoms with Gasteiger partial charge in [-0.2, -0.15) is 0 Å². The Morgan fingerprint density at radius 2 is 2.14 bits per heavy atom. The van der Waals surface area contributed by atoms with Gasteiger partial charge in [-0.1, -0.05) is 0 Å². The monoisotopic (exact) mass is 299 g/mol. The lowest BCUT2D eigenvalue weighted by Crippen LogP contribution is -2.36. The van der Waals surface area contributed by atoms with E-state index >= 15 is 0 Å². The second kappa shape index (κ2) is 6.49. The number of ether oxygens (including phenoxy) is 1. The van der Waals surface area contributed by atoms with E-state index < -0.39 is 28.5 Å². The molecule has 1 amide bonds. The number of nitrogens with two attached hydrogens (primary N) is 1. The molecule has 1 rings (SSSR count). The second-order valence-electron chi connectivity index (χ2n) is 5.45. The number of hydrogen-bond acceptors (Lipinski definition) is 5. The van der Waals surface area contributed by atoms with E-state index in [1.54, 1.807) is 20.8 Å². The van der Waals surface area contributed by atoms with E-state index in [0.29, 0.717) is 0 Å². The molecule has 0 spiro atoms. The van der Waals surface area contributed by atoms with Gasteiger partial charge in [-0.3, -0.25) is 10.1 Å². The molecular weight excluding hydrogens is 281 g/mol. The van der Waals surface area contributed by atoms with Gasteiger partial charge in [0.15, 0.2) is 0 Å². The first-order valence-electron chi connectivity index (χ1n) is 6.26. The first-order valence-corrected chi connectivity index (χ1v) is 6.26. The van der Waals surface area contributed by atoms with E-state index in [0.717, 1.165) is 18.2 Å². The highest BCUT2D eigenvalue weighted by Crippen LogP contribution is 2.24. The molecule has 0 radical (unpaired) electrons. The molecule has 0 saturated heterocycles. The first kappa shape index (κ1) is 16.8. The van der Waals surface area contributed by atoms with Gasteiger partial charge in [-0.05, 0) is 32.9 Å². The first-order chi connectivity index (χ1) is 9.60. The fourth-order valence-electron chi connectivity index (χ4n) is 1.61. The Labute approximate surface area is 121 Å². The van der Waals surface area contributed by atoms with Gasteiger partial charge < -0.3 is 15.8 Å². The van der Waals surface area contributed by atoms with Crippen LogP contribution in [0.5, 0.6) is 0 Å². The Morgan fingerprint density at radius 1 is 1.52 bits per heavy atom. The third-order valence-electron chi connectivity index (χ3n) is 2.45. The molecule has 7 nitrogen and oxygen atoms in total. The fourth-order valence-corrected chi connectivity index (χ4v) is 1.61. The number of nitro benzene ring substituents is 1. The summed E-state index contributed by atoms with van der Waals surface area (Å²) < 4.78 is 18.2. The highest BCUT2D eigenvalue weighted by atomic mass is 19.1. The lowest BCUT2D eigenvalue weighted by molar-refractivity contribution is -0.385. The molecule has 0 bridgehead atoms. The van der Waals surface area contributed by atoms with Crippen molar-refractivity contribution in [1.82, 2.24) is 5.32 Å². The van der Waals surface area contributed by atoms with Crippen LogP contribution >= 0.6 is 0 Å². The zero-order valence-electron chi connectivity index (χ0n) is 12.1. The molecule has 1 aromatic rings. The standard InChI is InChI=1S/C13H18FN3O4/c1-13(2,3)21-12(18)16-7-10(15)9-6-8(14)4-5-11(9)17(19)20/h4-6,10H,7,15H2,1-3H3,(H,16,18). The summed E-state index contributed by atoms with van der Waals surface area (Å²) in [5.41, 5.74) is 4.82. The van der Waals surface area contributed by atoms with Gasteiger partial charge in [0.05, 0.1) is 16.5 Å². The van der Waals surface area contributed by atoms with Crippen molar-refractivity contribution in [3.8, 4) is 0 Å². The molecule has 0 aliphatic heterocycles. The Balaban J connectivity index is 2.76. The maximum Gasteiger partial charge on any atom is 0.407 e. The Kier molecular flexibility index (Phi) is 5.20. The van der Waals surface area contributed by atoms with Crippen molar-refractivity contribution in [1.29, 1.82) is 0 Å². The normalized spacial score (nSPS) is 12.6. The largest absolute Gasteiger partial charge is 0.444 e. The number of nitro groups is 1. The maximum absolute atomic E-state index is 13.2. The van der Waals surface area contributed by atoms with Crippen molar-refractivity contribution >= 4 is 11.8 Å². The number of amides is 1. The van der Waals surface area contributed by atoms with Crippen LogP contribution in [0.25, 0.3) is 0 Å². The molecule has 0 aliphatic rings. The van der Waals surface area contributed by atoms with Crippen LogP contribution in [0.2, 0.25) is 0 Å². The highest BCUT2D eigenvalue weighted by Gasteiger charge is 2.22. The number of rotatable bonds is 4. The summed E-state index contributed by atoms with van der Waals surface area (Å²) in [7, 11) is 0. The predicted molar refractivity (Wildman–Crippen MR) is 74.2 cm³/mol.